The molecular weight excluding hydrogens is 436 g/mol. The van der Waals surface area contributed by atoms with Crippen LogP contribution in [0.15, 0.2) is 53.5 Å². The second-order valence-electron chi connectivity index (χ2n) is 8.35. The highest BCUT2D eigenvalue weighted by Gasteiger charge is 2.16. The average molecular weight is 479 g/mol. The summed E-state index contributed by atoms with van der Waals surface area (Å²) in [6.07, 6.45) is 23.1. The molecule has 0 radical (unpaired) electrons. The van der Waals surface area contributed by atoms with Crippen molar-refractivity contribution in [2.24, 2.45) is 0 Å². The number of amides is 1. The van der Waals surface area contributed by atoms with Crippen LogP contribution in [0, 0.1) is 0 Å². The molecule has 1 aromatic rings. The first kappa shape index (κ1) is 28.9. The van der Waals surface area contributed by atoms with Crippen LogP contribution in [0.25, 0.3) is 0 Å². The van der Waals surface area contributed by atoms with E-state index >= 15 is 0 Å². The van der Waals surface area contributed by atoms with Gasteiger partial charge in [0.1, 0.15) is 0 Å². The van der Waals surface area contributed by atoms with Crippen molar-refractivity contribution >= 4 is 21.6 Å². The maximum Gasteiger partial charge on any atom is 0.264 e. The molecule has 33 heavy (non-hydrogen) atoms. The van der Waals surface area contributed by atoms with E-state index in [0.717, 1.165) is 38.5 Å². The van der Waals surface area contributed by atoms with E-state index in [9.17, 15) is 13.2 Å². The number of allylic oxidation sites excluding steroid dienone is 4. The molecule has 0 saturated heterocycles. The van der Waals surface area contributed by atoms with Crippen LogP contribution in [-0.4, -0.2) is 26.0 Å². The number of aliphatic hydroxyl groups excluding tert-OH is 1. The van der Waals surface area contributed by atoms with Crippen molar-refractivity contribution in [3.63, 3.8) is 0 Å². The van der Waals surface area contributed by atoms with E-state index < -0.39 is 15.9 Å². The summed E-state index contributed by atoms with van der Waals surface area (Å²) >= 11 is 0. The van der Waals surface area contributed by atoms with Crippen LogP contribution in [-0.2, 0) is 14.8 Å². The Labute approximate surface area is 200 Å². The standard InChI is InChI=1S/C26H42N2O4S/c27-24-19-21-25(22-20-24)33(31,32)28-26(30)18-16-14-12-10-8-6-4-2-1-3-5-7-9-11-13-15-17-23-29/h7,9-10,12,19-22,29H,1-6,8,11,13-18,23,27H2,(H,28,30). The van der Waals surface area contributed by atoms with Crippen LogP contribution in [0.2, 0.25) is 0 Å². The lowest BCUT2D eigenvalue weighted by molar-refractivity contribution is -0.119. The van der Waals surface area contributed by atoms with E-state index in [1.807, 2.05) is 0 Å². The molecule has 0 bridgehead atoms. The van der Waals surface area contributed by atoms with Gasteiger partial charge in [0, 0.05) is 18.7 Å². The topological polar surface area (TPSA) is 109 Å². The molecule has 1 rings (SSSR count). The summed E-state index contributed by atoms with van der Waals surface area (Å²) in [4.78, 5) is 12.0. The summed E-state index contributed by atoms with van der Waals surface area (Å²) in [6, 6.07) is 5.75. The van der Waals surface area contributed by atoms with Gasteiger partial charge in [-0.25, -0.2) is 13.1 Å². The molecule has 0 saturated carbocycles. The van der Waals surface area contributed by atoms with Gasteiger partial charge in [0.2, 0.25) is 5.91 Å². The Bertz CT molecular complexity index is 802. The normalized spacial score (nSPS) is 12.0. The number of unbranched alkanes of at least 4 members (excludes halogenated alkanes) is 10. The van der Waals surface area contributed by atoms with Gasteiger partial charge in [0.15, 0.2) is 0 Å². The maximum absolute atomic E-state index is 12.1. The number of hydrogen-bond donors (Lipinski definition) is 3. The van der Waals surface area contributed by atoms with Gasteiger partial charge >= 0.3 is 0 Å². The lowest BCUT2D eigenvalue weighted by atomic mass is 10.1. The number of sulfonamides is 1. The summed E-state index contributed by atoms with van der Waals surface area (Å²) in [6.45, 7) is 0.305. The Morgan fingerprint density at radius 3 is 1.73 bits per heavy atom. The molecule has 0 spiro atoms. The average Bonchev–Trinajstić information content (AvgIpc) is 2.78. The summed E-state index contributed by atoms with van der Waals surface area (Å²) in [5, 5.41) is 8.72. The van der Waals surface area contributed by atoms with Gasteiger partial charge in [0.25, 0.3) is 10.0 Å². The fourth-order valence-electron chi connectivity index (χ4n) is 3.36. The van der Waals surface area contributed by atoms with Gasteiger partial charge in [0.05, 0.1) is 4.90 Å². The van der Waals surface area contributed by atoms with Gasteiger partial charge in [-0.1, -0.05) is 50.0 Å². The first-order valence-corrected chi connectivity index (χ1v) is 13.8. The first-order chi connectivity index (χ1) is 16.0. The van der Waals surface area contributed by atoms with Crippen molar-refractivity contribution in [2.45, 2.75) is 94.8 Å². The highest BCUT2D eigenvalue weighted by atomic mass is 32.2. The van der Waals surface area contributed by atoms with Gasteiger partial charge in [-0.15, -0.1) is 0 Å². The summed E-state index contributed by atoms with van der Waals surface area (Å²) < 4.78 is 26.4. The summed E-state index contributed by atoms with van der Waals surface area (Å²) in [7, 11) is -3.83. The lowest BCUT2D eigenvalue weighted by Gasteiger charge is -2.06. The molecule has 0 aromatic heterocycles. The molecule has 1 aromatic carbocycles. The number of nitrogens with one attached hydrogen (secondary N) is 1. The van der Waals surface area contributed by atoms with E-state index in [1.165, 1.54) is 62.8 Å². The van der Waals surface area contributed by atoms with Crippen LogP contribution in [0.1, 0.15) is 89.9 Å². The number of rotatable bonds is 19. The number of carbonyl (C=O) groups excluding carboxylic acids is 1. The third kappa shape index (κ3) is 15.4. The number of nitrogens with two attached hydrogens (primary N) is 1. The van der Waals surface area contributed by atoms with Crippen LogP contribution >= 0.6 is 0 Å². The molecule has 0 fully saturated rings. The molecule has 4 N–H and O–H groups in total. The van der Waals surface area contributed by atoms with Gasteiger partial charge < -0.3 is 10.8 Å². The number of hydrogen-bond acceptors (Lipinski definition) is 5. The highest BCUT2D eigenvalue weighted by molar-refractivity contribution is 7.90. The van der Waals surface area contributed by atoms with Crippen LogP contribution in [0.4, 0.5) is 5.69 Å². The summed E-state index contributed by atoms with van der Waals surface area (Å²) in [5.41, 5.74) is 6.03. The van der Waals surface area contributed by atoms with E-state index in [0.29, 0.717) is 18.7 Å². The highest BCUT2D eigenvalue weighted by Crippen LogP contribution is 2.12. The summed E-state index contributed by atoms with van der Waals surface area (Å²) in [5.74, 6) is -0.489. The largest absolute Gasteiger partial charge is 0.399 e. The van der Waals surface area contributed by atoms with E-state index in [1.54, 1.807) is 0 Å². The monoisotopic (exact) mass is 478 g/mol. The zero-order valence-corrected chi connectivity index (χ0v) is 20.7. The molecule has 0 unspecified atom stereocenters. The number of nitrogen functional groups attached to an aromatic ring is 1. The van der Waals surface area contributed by atoms with Crippen molar-refractivity contribution in [3.8, 4) is 0 Å². The van der Waals surface area contributed by atoms with Crippen molar-refractivity contribution in [3.05, 3.63) is 48.6 Å². The number of aliphatic hydroxyl groups is 1. The Hall–Kier alpha value is -2.12. The fraction of sp³-hybridized carbons (Fsp3) is 0.577. The van der Waals surface area contributed by atoms with Crippen LogP contribution in [0.3, 0.4) is 0 Å². The predicted octanol–water partition coefficient (Wildman–Crippen LogP) is 5.64. The van der Waals surface area contributed by atoms with Gasteiger partial charge in [-0.2, -0.15) is 0 Å². The minimum absolute atomic E-state index is 0.0340. The number of benzene rings is 1. The van der Waals surface area contributed by atoms with Crippen LogP contribution < -0.4 is 10.5 Å². The molecule has 0 aliphatic carbocycles. The molecule has 7 heteroatoms. The van der Waals surface area contributed by atoms with Crippen molar-refractivity contribution in [1.29, 1.82) is 0 Å². The fourth-order valence-corrected chi connectivity index (χ4v) is 4.38. The zero-order valence-electron chi connectivity index (χ0n) is 19.9. The lowest BCUT2D eigenvalue weighted by Crippen LogP contribution is -2.30. The maximum atomic E-state index is 12.1. The minimum atomic E-state index is -3.83. The van der Waals surface area contributed by atoms with Crippen LogP contribution in [0.5, 0.6) is 0 Å². The van der Waals surface area contributed by atoms with Crippen molar-refractivity contribution in [2.75, 3.05) is 12.3 Å². The molecule has 1 amide bonds. The SMILES string of the molecule is Nc1ccc(S(=O)(=O)NC(=O)CCCC=CCCCCCCCC=CCCCCCO)cc1. The number of carbonyl (C=O) groups is 1. The second-order valence-corrected chi connectivity index (χ2v) is 10.0. The van der Waals surface area contributed by atoms with E-state index in [4.69, 9.17) is 10.8 Å². The quantitative estimate of drug-likeness (QED) is 0.135. The molecule has 0 aliphatic rings. The molecule has 0 atom stereocenters. The second kappa shape index (κ2) is 18.3. The predicted molar refractivity (Wildman–Crippen MR) is 136 cm³/mol. The first-order valence-electron chi connectivity index (χ1n) is 12.3. The molecule has 0 aliphatic heterocycles. The zero-order chi connectivity index (χ0) is 24.2. The molecular formula is C26H42N2O4S. The Balaban J connectivity index is 1.97. The molecule has 6 nitrogen and oxygen atoms in total. The molecule has 186 valence electrons. The van der Waals surface area contributed by atoms with Crippen molar-refractivity contribution < 1.29 is 18.3 Å². The number of anilines is 1. The van der Waals surface area contributed by atoms with E-state index in [2.05, 4.69) is 29.0 Å². The van der Waals surface area contributed by atoms with Crippen molar-refractivity contribution in [1.82, 2.24) is 4.72 Å². The molecule has 0 heterocycles. The Morgan fingerprint density at radius 2 is 1.21 bits per heavy atom. The third-order valence-corrected chi connectivity index (χ3v) is 6.71. The minimum Gasteiger partial charge on any atom is -0.399 e. The third-order valence-electron chi connectivity index (χ3n) is 5.32. The van der Waals surface area contributed by atoms with Gasteiger partial charge in [-0.3, -0.25) is 4.79 Å². The Kier molecular flexibility index (Phi) is 16.1. The van der Waals surface area contributed by atoms with Gasteiger partial charge in [-0.05, 0) is 82.1 Å². The Morgan fingerprint density at radius 1 is 0.758 bits per heavy atom. The van der Waals surface area contributed by atoms with E-state index in [-0.39, 0.29) is 11.3 Å². The smallest absolute Gasteiger partial charge is 0.264 e.